The summed E-state index contributed by atoms with van der Waals surface area (Å²) in [4.78, 5) is 27.5. The van der Waals surface area contributed by atoms with Crippen LogP contribution in [0.2, 0.25) is 5.02 Å². The van der Waals surface area contributed by atoms with Gasteiger partial charge in [-0.15, -0.1) is 0 Å². The zero-order valence-corrected chi connectivity index (χ0v) is 16.0. The standard InChI is InChI=1S/C19H25ClN4O3/c20-14-11-13(17(25)22-5-6-24-7-9-27-10-8-24)12-15-16(14)19(18(26)23-15)1-3-21-4-2-19/h11-12,21H,1-10H2,(H,22,25)(H,23,26). The van der Waals surface area contributed by atoms with Crippen LogP contribution in [0.3, 0.4) is 0 Å². The maximum absolute atomic E-state index is 12.7. The zero-order valence-electron chi connectivity index (χ0n) is 15.3. The Morgan fingerprint density at radius 3 is 2.74 bits per heavy atom. The topological polar surface area (TPSA) is 82.7 Å². The molecule has 1 aromatic rings. The van der Waals surface area contributed by atoms with E-state index in [1.165, 1.54) is 0 Å². The molecule has 0 aliphatic carbocycles. The Morgan fingerprint density at radius 2 is 2.00 bits per heavy atom. The molecule has 0 atom stereocenters. The number of hydrogen-bond acceptors (Lipinski definition) is 5. The number of rotatable bonds is 4. The average Bonchev–Trinajstić information content (AvgIpc) is 2.94. The van der Waals surface area contributed by atoms with Crippen LogP contribution in [0.4, 0.5) is 5.69 Å². The monoisotopic (exact) mass is 392 g/mol. The molecule has 2 fully saturated rings. The van der Waals surface area contributed by atoms with E-state index in [2.05, 4.69) is 20.9 Å². The number of nitrogens with one attached hydrogen (secondary N) is 3. The minimum Gasteiger partial charge on any atom is -0.379 e. The highest BCUT2D eigenvalue weighted by Gasteiger charge is 2.48. The van der Waals surface area contributed by atoms with Crippen LogP contribution in [0, 0.1) is 0 Å². The Kier molecular flexibility index (Phi) is 5.36. The molecule has 3 heterocycles. The van der Waals surface area contributed by atoms with Gasteiger partial charge in [0, 0.05) is 48.0 Å². The zero-order chi connectivity index (χ0) is 18.9. The minimum atomic E-state index is -0.566. The van der Waals surface area contributed by atoms with Crippen molar-refractivity contribution in [1.82, 2.24) is 15.5 Å². The molecule has 8 heteroatoms. The van der Waals surface area contributed by atoms with Crippen molar-refractivity contribution in [2.24, 2.45) is 0 Å². The summed E-state index contributed by atoms with van der Waals surface area (Å²) in [6.07, 6.45) is 1.44. The predicted octanol–water partition coefficient (Wildman–Crippen LogP) is 0.975. The molecule has 0 bridgehead atoms. The molecule has 1 aromatic carbocycles. The summed E-state index contributed by atoms with van der Waals surface area (Å²) in [6.45, 7) is 6.19. The molecule has 0 radical (unpaired) electrons. The van der Waals surface area contributed by atoms with E-state index in [1.807, 2.05) is 0 Å². The number of nitrogens with zero attached hydrogens (tertiary/aromatic N) is 1. The van der Waals surface area contributed by atoms with Gasteiger partial charge in [-0.2, -0.15) is 0 Å². The van der Waals surface area contributed by atoms with Crippen molar-refractivity contribution in [3.8, 4) is 0 Å². The molecule has 4 rings (SSSR count). The summed E-state index contributed by atoms with van der Waals surface area (Å²) < 4.78 is 5.33. The highest BCUT2D eigenvalue weighted by Crippen LogP contribution is 2.47. The number of morpholine rings is 1. The number of halogens is 1. The number of hydrogen-bond donors (Lipinski definition) is 3. The molecule has 0 saturated carbocycles. The van der Waals surface area contributed by atoms with E-state index in [1.54, 1.807) is 12.1 Å². The molecule has 7 nitrogen and oxygen atoms in total. The Hall–Kier alpha value is -1.67. The quantitative estimate of drug-likeness (QED) is 0.711. The van der Waals surface area contributed by atoms with Crippen molar-refractivity contribution < 1.29 is 14.3 Å². The van der Waals surface area contributed by atoms with Gasteiger partial charge in [-0.25, -0.2) is 0 Å². The lowest BCUT2D eigenvalue weighted by Gasteiger charge is -2.32. The van der Waals surface area contributed by atoms with Gasteiger partial charge in [0.25, 0.3) is 5.91 Å². The first-order valence-electron chi connectivity index (χ1n) is 9.55. The van der Waals surface area contributed by atoms with E-state index in [9.17, 15) is 9.59 Å². The lowest BCUT2D eigenvalue weighted by molar-refractivity contribution is -0.121. The normalized spacial score (nSPS) is 21.7. The van der Waals surface area contributed by atoms with Crippen LogP contribution in [0.1, 0.15) is 28.8 Å². The fraction of sp³-hybridized carbons (Fsp3) is 0.579. The molecule has 1 spiro atoms. The summed E-state index contributed by atoms with van der Waals surface area (Å²) >= 11 is 6.55. The first-order valence-corrected chi connectivity index (χ1v) is 9.92. The van der Waals surface area contributed by atoms with Crippen molar-refractivity contribution in [3.63, 3.8) is 0 Å². The number of carbonyl (C=O) groups is 2. The molecule has 2 amide bonds. The minimum absolute atomic E-state index is 0.00854. The first-order chi connectivity index (χ1) is 13.1. The van der Waals surface area contributed by atoms with Gasteiger partial charge < -0.3 is 20.7 Å². The summed E-state index contributed by atoms with van der Waals surface area (Å²) in [7, 11) is 0. The van der Waals surface area contributed by atoms with Crippen molar-refractivity contribution in [1.29, 1.82) is 0 Å². The Bertz CT molecular complexity index is 743. The van der Waals surface area contributed by atoms with E-state index in [0.29, 0.717) is 22.8 Å². The van der Waals surface area contributed by atoms with Crippen molar-refractivity contribution in [3.05, 3.63) is 28.3 Å². The van der Waals surface area contributed by atoms with E-state index in [4.69, 9.17) is 16.3 Å². The van der Waals surface area contributed by atoms with Crippen LogP contribution in [0.25, 0.3) is 0 Å². The maximum Gasteiger partial charge on any atom is 0.251 e. The Labute approximate surface area is 163 Å². The second kappa shape index (κ2) is 7.75. The number of piperidine rings is 1. The maximum atomic E-state index is 12.7. The van der Waals surface area contributed by atoms with Gasteiger partial charge in [0.05, 0.1) is 18.6 Å². The number of amides is 2. The number of carbonyl (C=O) groups excluding carboxylic acids is 2. The van der Waals surface area contributed by atoms with Gasteiger partial charge in [-0.05, 0) is 38.1 Å². The van der Waals surface area contributed by atoms with Gasteiger partial charge in [0.15, 0.2) is 0 Å². The Balaban J connectivity index is 1.46. The van der Waals surface area contributed by atoms with Crippen molar-refractivity contribution in [2.45, 2.75) is 18.3 Å². The van der Waals surface area contributed by atoms with Crippen LogP contribution < -0.4 is 16.0 Å². The molecule has 3 aliphatic rings. The van der Waals surface area contributed by atoms with E-state index in [0.717, 1.165) is 64.3 Å². The predicted molar refractivity (Wildman–Crippen MR) is 103 cm³/mol. The highest BCUT2D eigenvalue weighted by molar-refractivity contribution is 6.33. The third kappa shape index (κ3) is 3.57. The van der Waals surface area contributed by atoms with Gasteiger partial charge in [-0.1, -0.05) is 11.6 Å². The average molecular weight is 393 g/mol. The lowest BCUT2D eigenvalue weighted by atomic mass is 9.74. The van der Waals surface area contributed by atoms with Crippen LogP contribution in [0.5, 0.6) is 0 Å². The molecule has 0 unspecified atom stereocenters. The smallest absolute Gasteiger partial charge is 0.251 e. The number of anilines is 1. The largest absolute Gasteiger partial charge is 0.379 e. The molecule has 27 heavy (non-hydrogen) atoms. The second-order valence-electron chi connectivity index (χ2n) is 7.38. The first kappa shape index (κ1) is 18.7. The Morgan fingerprint density at radius 1 is 1.26 bits per heavy atom. The van der Waals surface area contributed by atoms with E-state index < -0.39 is 5.41 Å². The molecule has 3 N–H and O–H groups in total. The molecule has 0 aromatic heterocycles. The summed E-state index contributed by atoms with van der Waals surface area (Å²) in [5.41, 5.74) is 1.43. The second-order valence-corrected chi connectivity index (χ2v) is 7.78. The third-order valence-corrected chi connectivity index (χ3v) is 6.09. The lowest BCUT2D eigenvalue weighted by Crippen LogP contribution is -2.44. The van der Waals surface area contributed by atoms with Crippen LogP contribution >= 0.6 is 11.6 Å². The highest BCUT2D eigenvalue weighted by atomic mass is 35.5. The van der Waals surface area contributed by atoms with Gasteiger partial charge in [0.1, 0.15) is 0 Å². The van der Waals surface area contributed by atoms with Crippen molar-refractivity contribution in [2.75, 3.05) is 57.8 Å². The summed E-state index contributed by atoms with van der Waals surface area (Å²) in [5.74, 6) is -0.181. The number of benzene rings is 1. The van der Waals surface area contributed by atoms with Crippen molar-refractivity contribution >= 4 is 29.1 Å². The molecule has 2 saturated heterocycles. The van der Waals surface area contributed by atoms with Gasteiger partial charge >= 0.3 is 0 Å². The van der Waals surface area contributed by atoms with Gasteiger partial charge in [0.2, 0.25) is 5.91 Å². The van der Waals surface area contributed by atoms with Crippen LogP contribution in [-0.2, 0) is 14.9 Å². The fourth-order valence-corrected chi connectivity index (χ4v) is 4.66. The van der Waals surface area contributed by atoms with Gasteiger partial charge in [-0.3, -0.25) is 14.5 Å². The summed E-state index contributed by atoms with van der Waals surface area (Å²) in [6, 6.07) is 3.44. The number of ether oxygens (including phenoxy) is 1. The van der Waals surface area contributed by atoms with Crippen LogP contribution in [0.15, 0.2) is 12.1 Å². The third-order valence-electron chi connectivity index (χ3n) is 5.79. The molecule has 146 valence electrons. The molecular formula is C19H25ClN4O3. The number of fused-ring (bicyclic) bond motifs is 2. The van der Waals surface area contributed by atoms with Crippen LogP contribution in [-0.4, -0.2) is 69.2 Å². The summed E-state index contributed by atoms with van der Waals surface area (Å²) in [5, 5.41) is 9.67. The van der Waals surface area contributed by atoms with E-state index in [-0.39, 0.29) is 11.8 Å². The van der Waals surface area contributed by atoms with E-state index >= 15 is 0 Å². The molecular weight excluding hydrogens is 368 g/mol. The SMILES string of the molecule is O=C(NCCN1CCOCC1)c1cc(Cl)c2c(c1)NC(=O)C21CCNCC1. The fourth-order valence-electron chi connectivity index (χ4n) is 4.26. The molecule has 3 aliphatic heterocycles.